The number of halogens is 2. The number of aryl methyl sites for hydroxylation is 2. The number of benzene rings is 2. The molecule has 6 rings (SSSR count). The molecule has 4 aromatic rings. The fraction of sp³-hybridized carbons (Fsp3) is 0.312. The standard InChI is InChI=1S/C32H35N8O8.2ClH/c41-39(42)28-9-3-1-7-26(28)37(31-21-45-24-47-31)19-17-35-16-15-34(23-35)13-6-5-11-30-33-12-14-36(30)18-20-38(32-22-46-25-48-32)27-8-2-4-10-29(27)40(43)44;;/h1-4,7-10,12,14-16,21-23H,5-6,11,13,17-20,24-25H2;2*1H/q+1;;/p-1. The molecule has 0 atom stereocenters. The molecule has 0 radical (unpaired) electrons. The molecule has 4 heterocycles. The van der Waals surface area contributed by atoms with Gasteiger partial charge in [0.15, 0.2) is 0 Å². The van der Waals surface area contributed by atoms with Gasteiger partial charge in [0, 0.05) is 18.6 Å². The lowest BCUT2D eigenvalue weighted by molar-refractivity contribution is -0.701. The average molecular weight is 732 g/mol. The summed E-state index contributed by atoms with van der Waals surface area (Å²) in [7, 11) is 0. The zero-order valence-electron chi connectivity index (χ0n) is 26.9. The van der Waals surface area contributed by atoms with E-state index in [0.717, 1.165) is 31.6 Å². The first-order chi connectivity index (χ1) is 23.5. The summed E-state index contributed by atoms with van der Waals surface area (Å²) in [5, 5.41) is 23.4. The Morgan fingerprint density at radius 3 is 1.98 bits per heavy atom. The quantitative estimate of drug-likeness (QED) is 0.0550. The highest BCUT2D eigenvalue weighted by Crippen LogP contribution is 2.33. The summed E-state index contributed by atoms with van der Waals surface area (Å²) in [5.41, 5.74) is 0.861. The number of hydrogen-bond donors (Lipinski definition) is 1. The summed E-state index contributed by atoms with van der Waals surface area (Å²) in [6, 6.07) is 13.2. The zero-order chi connectivity index (χ0) is 33.3. The number of para-hydroxylation sites is 4. The molecule has 0 amide bonds. The van der Waals surface area contributed by atoms with Gasteiger partial charge in [-0.3, -0.25) is 20.2 Å². The molecule has 16 nitrogen and oxygen atoms in total. The molecule has 2 aliphatic rings. The fourth-order valence-corrected chi connectivity index (χ4v) is 5.68. The van der Waals surface area contributed by atoms with Gasteiger partial charge in [-0.15, -0.1) is 0 Å². The molecule has 266 valence electrons. The van der Waals surface area contributed by atoms with Crippen LogP contribution in [0.1, 0.15) is 18.7 Å². The Balaban J connectivity index is 0.00000281. The van der Waals surface area contributed by atoms with E-state index in [1.807, 2.05) is 35.7 Å². The largest absolute Gasteiger partial charge is 1.00 e. The fourth-order valence-electron chi connectivity index (χ4n) is 5.68. The van der Waals surface area contributed by atoms with Crippen molar-refractivity contribution in [2.75, 3.05) is 36.5 Å². The first kappa shape index (κ1) is 37.3. The van der Waals surface area contributed by atoms with Crippen molar-refractivity contribution in [2.24, 2.45) is 0 Å². The van der Waals surface area contributed by atoms with E-state index in [1.54, 1.807) is 46.2 Å². The van der Waals surface area contributed by atoms with Crippen molar-refractivity contribution in [3.05, 3.63) is 130 Å². The molecule has 2 aliphatic heterocycles. The number of rotatable bonds is 17. The highest BCUT2D eigenvalue weighted by atomic mass is 35.5. The molecule has 2 aromatic carbocycles. The van der Waals surface area contributed by atoms with Crippen LogP contribution in [0.25, 0.3) is 0 Å². The van der Waals surface area contributed by atoms with Crippen LogP contribution in [0.3, 0.4) is 0 Å². The van der Waals surface area contributed by atoms with Crippen molar-refractivity contribution < 1.29 is 62.7 Å². The van der Waals surface area contributed by atoms with Gasteiger partial charge in [-0.25, -0.2) is 18.7 Å². The van der Waals surface area contributed by atoms with E-state index in [4.69, 9.17) is 18.9 Å². The lowest BCUT2D eigenvalue weighted by Crippen LogP contribution is -3.00. The minimum Gasteiger partial charge on any atom is -1.00 e. The molecule has 0 spiro atoms. The van der Waals surface area contributed by atoms with Crippen molar-refractivity contribution in [2.45, 2.75) is 38.9 Å². The van der Waals surface area contributed by atoms with Gasteiger partial charge >= 0.3 is 0 Å². The van der Waals surface area contributed by atoms with E-state index >= 15 is 0 Å². The summed E-state index contributed by atoms with van der Waals surface area (Å²) in [4.78, 5) is 29.4. The van der Waals surface area contributed by atoms with E-state index in [0.29, 0.717) is 49.3 Å². The first-order valence-electron chi connectivity index (χ1n) is 15.5. The average Bonchev–Trinajstić information content (AvgIpc) is 3.93. The van der Waals surface area contributed by atoms with Crippen LogP contribution in [0.4, 0.5) is 22.7 Å². The molecule has 50 heavy (non-hydrogen) atoms. The number of H-pyrrole nitrogens is 1. The first-order valence-corrected chi connectivity index (χ1v) is 15.5. The molecule has 0 saturated carbocycles. The van der Waals surface area contributed by atoms with E-state index in [9.17, 15) is 20.2 Å². The summed E-state index contributed by atoms with van der Waals surface area (Å²) < 4.78 is 27.9. The van der Waals surface area contributed by atoms with Crippen molar-refractivity contribution in [1.82, 2.24) is 9.55 Å². The number of aromatic amines is 1. The van der Waals surface area contributed by atoms with Gasteiger partial charge in [0.25, 0.3) is 17.2 Å². The number of hydrogen-bond acceptors (Lipinski definition) is 10. The molecule has 0 aliphatic carbocycles. The lowest BCUT2D eigenvalue weighted by atomic mass is 10.2. The van der Waals surface area contributed by atoms with Crippen LogP contribution in [0.2, 0.25) is 0 Å². The molecule has 0 bridgehead atoms. The Hall–Kier alpha value is -5.48. The Labute approximate surface area is 299 Å². The van der Waals surface area contributed by atoms with Crippen molar-refractivity contribution in [1.29, 1.82) is 0 Å². The normalized spacial score (nSPS) is 13.0. The smallest absolute Gasteiger partial charge is 0.292 e. The predicted octanol–water partition coefficient (Wildman–Crippen LogP) is -2.14. The van der Waals surface area contributed by atoms with Crippen LogP contribution in [0.15, 0.2) is 104 Å². The monoisotopic (exact) mass is 730 g/mol. The number of ether oxygens (including phenoxy) is 4. The van der Waals surface area contributed by atoms with Crippen LogP contribution < -0.4 is 43.7 Å². The van der Waals surface area contributed by atoms with Gasteiger partial charge in [0.05, 0.1) is 29.5 Å². The molecule has 0 unspecified atom stereocenters. The van der Waals surface area contributed by atoms with Crippen LogP contribution >= 0.6 is 0 Å². The van der Waals surface area contributed by atoms with Crippen molar-refractivity contribution in [3.63, 3.8) is 0 Å². The highest BCUT2D eigenvalue weighted by Gasteiger charge is 2.27. The Morgan fingerprint density at radius 2 is 1.40 bits per heavy atom. The predicted molar refractivity (Wildman–Crippen MR) is 170 cm³/mol. The van der Waals surface area contributed by atoms with Crippen LogP contribution in [0.5, 0.6) is 0 Å². The summed E-state index contributed by atoms with van der Waals surface area (Å²) in [6.07, 6.45) is 15.5. The number of anilines is 2. The minimum absolute atomic E-state index is 0. The number of nitrogens with one attached hydrogen (secondary N) is 1. The third kappa shape index (κ3) is 8.95. The second kappa shape index (κ2) is 17.8. The second-order valence-electron chi connectivity index (χ2n) is 11.0. The third-order valence-corrected chi connectivity index (χ3v) is 8.01. The maximum atomic E-state index is 11.7. The molecule has 0 fully saturated rings. The number of aromatic nitrogens is 4. The summed E-state index contributed by atoms with van der Waals surface area (Å²) in [5.74, 6) is 1.91. The van der Waals surface area contributed by atoms with Crippen LogP contribution in [-0.2, 0) is 45.0 Å². The van der Waals surface area contributed by atoms with Gasteiger partial charge < -0.3 is 53.6 Å². The third-order valence-electron chi connectivity index (χ3n) is 8.01. The van der Waals surface area contributed by atoms with Crippen molar-refractivity contribution >= 4 is 22.7 Å². The SMILES string of the molecule is O=[N+]([O-])c1ccccc1N(CCn1cc[n+](CCCCc2[nH]cc[n+]2CCN(C2=COCO2)c2ccccc2[N+](=O)[O-])c1)C1=COCO1.[Cl-].[Cl-]. The number of nitro benzene ring substituents is 2. The van der Waals surface area contributed by atoms with Gasteiger partial charge in [-0.05, 0) is 25.0 Å². The van der Waals surface area contributed by atoms with Gasteiger partial charge in [0.1, 0.15) is 61.8 Å². The maximum absolute atomic E-state index is 11.7. The van der Waals surface area contributed by atoms with E-state index in [1.165, 1.54) is 24.7 Å². The van der Waals surface area contributed by atoms with Gasteiger partial charge in [-0.1, -0.05) is 24.3 Å². The Kier molecular flexibility index (Phi) is 13.3. The molecule has 2 aromatic heterocycles. The molecular weight excluding hydrogens is 695 g/mol. The number of imidazole rings is 2. The molecule has 0 saturated heterocycles. The number of nitrogens with zero attached hydrogens (tertiary/aromatic N) is 7. The van der Waals surface area contributed by atoms with E-state index in [-0.39, 0.29) is 49.8 Å². The highest BCUT2D eigenvalue weighted by molar-refractivity contribution is 5.66. The topological polar surface area (TPSA) is 158 Å². The van der Waals surface area contributed by atoms with Crippen LogP contribution in [0, 0.1) is 20.2 Å². The number of nitro groups is 2. The minimum atomic E-state index is -0.400. The maximum Gasteiger partial charge on any atom is 0.292 e. The molecule has 1 N–H and O–H groups in total. The lowest BCUT2D eigenvalue weighted by Gasteiger charge is -2.22. The molecule has 18 heteroatoms. The summed E-state index contributed by atoms with van der Waals surface area (Å²) in [6.45, 7) is 2.96. The zero-order valence-corrected chi connectivity index (χ0v) is 28.4. The Bertz CT molecular complexity index is 1810. The van der Waals surface area contributed by atoms with Crippen molar-refractivity contribution in [3.8, 4) is 0 Å². The Morgan fingerprint density at radius 1 is 0.800 bits per heavy atom. The number of unbranched alkanes of at least 4 members (excludes halogenated alkanes) is 1. The molecular formula is C32H36Cl2N8O8. The second-order valence-corrected chi connectivity index (χ2v) is 11.0. The van der Waals surface area contributed by atoms with Gasteiger partial charge in [-0.2, -0.15) is 0 Å². The van der Waals surface area contributed by atoms with Gasteiger partial charge in [0.2, 0.25) is 31.7 Å². The van der Waals surface area contributed by atoms with E-state index < -0.39 is 9.85 Å². The van der Waals surface area contributed by atoms with Crippen LogP contribution in [-0.4, -0.2) is 46.1 Å². The van der Waals surface area contributed by atoms with E-state index in [2.05, 4.69) is 14.1 Å². The summed E-state index contributed by atoms with van der Waals surface area (Å²) >= 11 is 0.